The van der Waals surface area contributed by atoms with Crippen molar-refractivity contribution in [2.45, 2.75) is 52.1 Å². The lowest BCUT2D eigenvalue weighted by Crippen LogP contribution is -2.26. The van der Waals surface area contributed by atoms with Crippen molar-refractivity contribution < 1.29 is 32.2 Å². The molecule has 1 aliphatic rings. The van der Waals surface area contributed by atoms with Crippen LogP contribution in [0.5, 0.6) is 11.5 Å². The maximum atomic E-state index is 14.6. The number of fused-ring (bicyclic) bond motifs is 1. The molecule has 1 aromatic heterocycles. The van der Waals surface area contributed by atoms with Crippen LogP contribution in [0.4, 0.5) is 18.9 Å². The third-order valence-corrected chi connectivity index (χ3v) is 7.25. The van der Waals surface area contributed by atoms with Crippen molar-refractivity contribution in [2.75, 3.05) is 19.6 Å². The summed E-state index contributed by atoms with van der Waals surface area (Å²) in [5, 5.41) is 0. The molecule has 0 bridgehead atoms. The Bertz CT molecular complexity index is 1590. The van der Waals surface area contributed by atoms with Gasteiger partial charge in [0.1, 0.15) is 5.82 Å². The van der Waals surface area contributed by atoms with Gasteiger partial charge in [0.25, 0.3) is 0 Å². The van der Waals surface area contributed by atoms with Crippen LogP contribution in [0.1, 0.15) is 52.6 Å². The van der Waals surface area contributed by atoms with Gasteiger partial charge in [0.2, 0.25) is 6.79 Å². The van der Waals surface area contributed by atoms with Crippen molar-refractivity contribution in [3.05, 3.63) is 94.8 Å². The number of ether oxygens (including phenoxy) is 3. The Morgan fingerprint density at radius 3 is 2.37 bits per heavy atom. The van der Waals surface area contributed by atoms with Crippen LogP contribution in [0.2, 0.25) is 0 Å². The number of anilines is 1. The predicted octanol–water partition coefficient (Wildman–Crippen LogP) is 6.67. The van der Waals surface area contributed by atoms with Gasteiger partial charge in [-0.1, -0.05) is 55.8 Å². The van der Waals surface area contributed by atoms with Crippen molar-refractivity contribution >= 4 is 11.7 Å². The maximum absolute atomic E-state index is 14.6. The van der Waals surface area contributed by atoms with Crippen LogP contribution >= 0.6 is 0 Å². The summed E-state index contributed by atoms with van der Waals surface area (Å²) in [6.07, 6.45) is -3.17. The molecule has 2 N–H and O–H groups in total. The number of esters is 1. The molecule has 226 valence electrons. The monoisotopic (exact) mass is 594 g/mol. The highest BCUT2D eigenvalue weighted by molar-refractivity contribution is 5.95. The molecule has 0 aliphatic carbocycles. The highest BCUT2D eigenvalue weighted by atomic mass is 19.4. The number of alkyl halides is 3. The minimum Gasteiger partial charge on any atom is -0.465 e. The van der Waals surface area contributed by atoms with Crippen LogP contribution in [0.15, 0.2) is 66.7 Å². The summed E-state index contributed by atoms with van der Waals surface area (Å²) in [6.45, 7) is 2.99. The lowest BCUT2D eigenvalue weighted by molar-refractivity contribution is -0.141. The highest BCUT2D eigenvalue weighted by Crippen LogP contribution is 2.37. The van der Waals surface area contributed by atoms with E-state index in [4.69, 9.17) is 19.9 Å². The normalized spacial score (nSPS) is 12.6. The van der Waals surface area contributed by atoms with E-state index in [-0.39, 0.29) is 42.7 Å². The minimum absolute atomic E-state index is 0.0501. The molecule has 8 nitrogen and oxygen atoms in total. The molecule has 1 aliphatic heterocycles. The molecule has 4 aromatic rings. The molecule has 0 radical (unpaired) electrons. The van der Waals surface area contributed by atoms with Gasteiger partial charge in [-0.2, -0.15) is 13.2 Å². The van der Waals surface area contributed by atoms with Gasteiger partial charge in [-0.25, -0.2) is 9.78 Å². The number of halogens is 3. The fraction of sp³-hybridized carbons (Fsp3) is 0.312. The fourth-order valence-electron chi connectivity index (χ4n) is 5.18. The number of nitrogens with zero attached hydrogens (tertiary/aromatic N) is 3. The van der Waals surface area contributed by atoms with Crippen molar-refractivity contribution in [2.24, 2.45) is 0 Å². The van der Waals surface area contributed by atoms with Crippen molar-refractivity contribution in [3.8, 4) is 22.9 Å². The number of hydrogen-bond acceptors (Lipinski definition) is 7. The molecular formula is C32H33F3N4O4. The predicted molar refractivity (Wildman–Crippen MR) is 155 cm³/mol. The van der Waals surface area contributed by atoms with E-state index in [0.717, 1.165) is 17.5 Å². The first-order chi connectivity index (χ1) is 20.7. The molecule has 0 saturated heterocycles. The number of aromatic nitrogens is 2. The molecule has 0 atom stereocenters. The Kier molecular flexibility index (Phi) is 8.91. The Morgan fingerprint density at radius 1 is 1.00 bits per heavy atom. The lowest BCUT2D eigenvalue weighted by Gasteiger charge is -2.25. The number of benzene rings is 3. The van der Waals surface area contributed by atoms with Crippen LogP contribution in [0.3, 0.4) is 0 Å². The first-order valence-electron chi connectivity index (χ1n) is 14.0. The van der Waals surface area contributed by atoms with Gasteiger partial charge in [-0.3, -0.25) is 4.90 Å². The quantitative estimate of drug-likeness (QED) is 0.153. The van der Waals surface area contributed by atoms with Crippen LogP contribution in [0, 0.1) is 0 Å². The number of unbranched alkanes of at least 4 members (excludes halogenated alkanes) is 1. The van der Waals surface area contributed by atoms with Crippen molar-refractivity contribution in [1.82, 2.24) is 14.5 Å². The zero-order valence-corrected chi connectivity index (χ0v) is 24.0. The van der Waals surface area contributed by atoms with Gasteiger partial charge in [0, 0.05) is 37.4 Å². The number of imidazole rings is 1. The summed E-state index contributed by atoms with van der Waals surface area (Å²) in [6, 6.07) is 19.4. The van der Waals surface area contributed by atoms with E-state index in [1.54, 1.807) is 53.1 Å². The molecule has 0 unspecified atom stereocenters. The van der Waals surface area contributed by atoms with Gasteiger partial charge in [0.15, 0.2) is 17.2 Å². The number of rotatable bonds is 11. The highest BCUT2D eigenvalue weighted by Gasteiger charge is 2.39. The average Bonchev–Trinajstić information content (AvgIpc) is 3.60. The third kappa shape index (κ3) is 6.77. The molecule has 0 amide bonds. The Balaban J connectivity index is 1.57. The van der Waals surface area contributed by atoms with Crippen molar-refractivity contribution in [1.29, 1.82) is 0 Å². The topological polar surface area (TPSA) is 91.8 Å². The van der Waals surface area contributed by atoms with Crippen LogP contribution < -0.4 is 15.2 Å². The zero-order chi connectivity index (χ0) is 30.6. The van der Waals surface area contributed by atoms with E-state index in [2.05, 4.69) is 4.98 Å². The van der Waals surface area contributed by atoms with Gasteiger partial charge in [-0.05, 0) is 41.8 Å². The minimum atomic E-state index is -4.66. The van der Waals surface area contributed by atoms with Gasteiger partial charge < -0.3 is 24.5 Å². The Morgan fingerprint density at radius 2 is 1.70 bits per heavy atom. The van der Waals surface area contributed by atoms with Gasteiger partial charge >= 0.3 is 12.1 Å². The second kappa shape index (κ2) is 12.8. The van der Waals surface area contributed by atoms with E-state index in [0.29, 0.717) is 36.6 Å². The number of nitrogen functional groups attached to an aromatic ring is 1. The second-order valence-electron chi connectivity index (χ2n) is 10.3. The maximum Gasteiger partial charge on any atom is 0.435 e. The van der Waals surface area contributed by atoms with E-state index in [1.165, 1.54) is 7.11 Å². The standard InChI is InChI=1S/C32H33F3N4O4/c1-3-4-14-39-26(29(32(33,34)35)37-30(39)23-8-6-5-7-9-23)19-38(18-22-11-13-27-28(16-22)43-20-42-27)17-21-10-12-24(25(36)15-21)31(40)41-2/h5-13,15-16H,3-4,14,17-20,36H2,1-2H3. The van der Waals surface area contributed by atoms with Crippen LogP contribution in [-0.4, -0.2) is 34.3 Å². The SMILES string of the molecule is CCCCn1c(-c2ccccc2)nc(C(F)(F)F)c1CN(Cc1ccc(C(=O)OC)c(N)c1)Cc1ccc2c(c1)OCO2. The first-order valence-corrected chi connectivity index (χ1v) is 14.0. The summed E-state index contributed by atoms with van der Waals surface area (Å²) in [5.74, 6) is 0.917. The lowest BCUT2D eigenvalue weighted by atomic mass is 10.1. The fourth-order valence-corrected chi connectivity index (χ4v) is 5.18. The average molecular weight is 595 g/mol. The summed E-state index contributed by atoms with van der Waals surface area (Å²) in [5.41, 5.74) is 7.95. The van der Waals surface area contributed by atoms with E-state index >= 15 is 0 Å². The molecular weight excluding hydrogens is 561 g/mol. The number of methoxy groups -OCH3 is 1. The number of carbonyl (C=O) groups excluding carboxylic acids is 1. The first kappa shape index (κ1) is 30.0. The van der Waals surface area contributed by atoms with E-state index in [1.807, 2.05) is 30.0 Å². The zero-order valence-electron chi connectivity index (χ0n) is 24.0. The molecule has 0 spiro atoms. The van der Waals surface area contributed by atoms with Gasteiger partial charge in [0.05, 0.1) is 18.4 Å². The van der Waals surface area contributed by atoms with E-state index in [9.17, 15) is 18.0 Å². The van der Waals surface area contributed by atoms with Gasteiger partial charge in [-0.15, -0.1) is 0 Å². The third-order valence-electron chi connectivity index (χ3n) is 7.25. The summed E-state index contributed by atoms with van der Waals surface area (Å²) in [4.78, 5) is 18.1. The molecule has 0 saturated carbocycles. The molecule has 5 rings (SSSR count). The summed E-state index contributed by atoms with van der Waals surface area (Å²) < 4.78 is 61.1. The molecule has 11 heteroatoms. The molecule has 3 aromatic carbocycles. The number of carbonyl (C=O) groups is 1. The van der Waals surface area contributed by atoms with E-state index < -0.39 is 17.8 Å². The molecule has 0 fully saturated rings. The number of nitrogens with two attached hydrogens (primary N) is 1. The smallest absolute Gasteiger partial charge is 0.435 e. The van der Waals surface area contributed by atoms with Crippen molar-refractivity contribution in [3.63, 3.8) is 0 Å². The second-order valence-corrected chi connectivity index (χ2v) is 10.3. The summed E-state index contributed by atoms with van der Waals surface area (Å²) in [7, 11) is 1.27. The largest absolute Gasteiger partial charge is 0.465 e. The molecule has 2 heterocycles. The number of hydrogen-bond donors (Lipinski definition) is 1. The Hall–Kier alpha value is -4.51. The summed E-state index contributed by atoms with van der Waals surface area (Å²) >= 11 is 0. The Labute approximate surface area is 247 Å². The van der Waals surface area contributed by atoms with Crippen LogP contribution in [-0.2, 0) is 37.1 Å². The van der Waals surface area contributed by atoms with Crippen LogP contribution in [0.25, 0.3) is 11.4 Å². The molecule has 43 heavy (non-hydrogen) atoms.